The van der Waals surface area contributed by atoms with Crippen molar-refractivity contribution in [2.24, 2.45) is 0 Å². The lowest BCUT2D eigenvalue weighted by Gasteiger charge is -2.05. The van der Waals surface area contributed by atoms with Crippen molar-refractivity contribution < 1.29 is 14.3 Å². The van der Waals surface area contributed by atoms with Gasteiger partial charge >= 0.3 is 11.9 Å². The second-order valence-corrected chi connectivity index (χ2v) is 4.34. The Kier molecular flexibility index (Phi) is 3.91. The zero-order chi connectivity index (χ0) is 12.1. The van der Waals surface area contributed by atoms with Crippen LogP contribution in [-0.2, 0) is 4.74 Å². The number of ether oxygens (including phenoxy) is 1. The molecule has 0 N–H and O–H groups in total. The van der Waals surface area contributed by atoms with Gasteiger partial charge in [0.05, 0.1) is 11.1 Å². The Hall–Kier alpha value is -1.64. The molecular weight excluding hydrogens is 216 g/mol. The van der Waals surface area contributed by atoms with Gasteiger partial charge in [-0.1, -0.05) is 50.7 Å². The maximum Gasteiger partial charge on any atom is 0.346 e. The first-order valence-corrected chi connectivity index (χ1v) is 6.14. The van der Waals surface area contributed by atoms with Crippen molar-refractivity contribution in [2.75, 3.05) is 0 Å². The predicted molar refractivity (Wildman–Crippen MR) is 63.9 cm³/mol. The van der Waals surface area contributed by atoms with Crippen LogP contribution in [0.25, 0.3) is 0 Å². The number of hydrogen-bond acceptors (Lipinski definition) is 3. The molecule has 1 saturated carbocycles. The molecule has 17 heavy (non-hydrogen) atoms. The van der Waals surface area contributed by atoms with E-state index in [1.807, 2.05) is 0 Å². The van der Waals surface area contributed by atoms with Gasteiger partial charge < -0.3 is 4.74 Å². The molecule has 0 bridgehead atoms. The summed E-state index contributed by atoms with van der Waals surface area (Å²) in [5, 5.41) is 0. The van der Waals surface area contributed by atoms with E-state index in [0.29, 0.717) is 11.1 Å². The molecule has 0 saturated heterocycles. The smallest absolute Gasteiger partial charge is 0.346 e. The summed E-state index contributed by atoms with van der Waals surface area (Å²) in [6, 6.07) is 6.53. The number of cyclic esters (lactones) is 2. The molecule has 1 aromatic carbocycles. The Labute approximate surface area is 101 Å². The number of carbonyl (C=O) groups excluding carboxylic acids is 2. The van der Waals surface area contributed by atoms with Gasteiger partial charge in [-0.3, -0.25) is 0 Å². The summed E-state index contributed by atoms with van der Waals surface area (Å²) in [4.78, 5) is 21.7. The van der Waals surface area contributed by atoms with Crippen LogP contribution in [-0.4, -0.2) is 11.9 Å². The summed E-state index contributed by atoms with van der Waals surface area (Å²) in [5.41, 5.74) is 0.718. The number of carbonyl (C=O) groups is 2. The molecule has 1 aromatic rings. The molecule has 2 aliphatic rings. The van der Waals surface area contributed by atoms with Crippen molar-refractivity contribution in [2.45, 2.75) is 38.5 Å². The van der Waals surface area contributed by atoms with Gasteiger partial charge in [-0.2, -0.15) is 0 Å². The van der Waals surface area contributed by atoms with Gasteiger partial charge in [-0.05, 0) is 12.1 Å². The van der Waals surface area contributed by atoms with Gasteiger partial charge in [0.15, 0.2) is 0 Å². The number of esters is 2. The molecule has 0 aromatic heterocycles. The summed E-state index contributed by atoms with van der Waals surface area (Å²) in [5.74, 6) is -1.10. The summed E-state index contributed by atoms with van der Waals surface area (Å²) in [6.45, 7) is 0. The quantitative estimate of drug-likeness (QED) is 0.509. The lowest BCUT2D eigenvalue weighted by molar-refractivity contribution is 0.0444. The zero-order valence-electron chi connectivity index (χ0n) is 9.78. The third-order valence-corrected chi connectivity index (χ3v) is 3.05. The van der Waals surface area contributed by atoms with Crippen molar-refractivity contribution in [3.63, 3.8) is 0 Å². The van der Waals surface area contributed by atoms with Crippen LogP contribution >= 0.6 is 0 Å². The van der Waals surface area contributed by atoms with Crippen LogP contribution in [0.5, 0.6) is 0 Å². The van der Waals surface area contributed by atoms with E-state index in [4.69, 9.17) is 0 Å². The van der Waals surface area contributed by atoms with Gasteiger partial charge in [-0.15, -0.1) is 0 Å². The minimum Gasteiger partial charge on any atom is -0.386 e. The van der Waals surface area contributed by atoms with Gasteiger partial charge in [-0.25, -0.2) is 9.59 Å². The molecule has 90 valence electrons. The molecule has 0 spiro atoms. The largest absolute Gasteiger partial charge is 0.386 e. The second-order valence-electron chi connectivity index (χ2n) is 4.34. The first-order valence-electron chi connectivity index (χ1n) is 6.14. The van der Waals surface area contributed by atoms with Crippen molar-refractivity contribution in [3.05, 3.63) is 35.4 Å². The first-order chi connectivity index (χ1) is 8.29. The number of fused-ring (bicyclic) bond motifs is 1. The molecular formula is C14H16O3. The molecule has 0 amide bonds. The number of hydrogen-bond donors (Lipinski definition) is 0. The van der Waals surface area contributed by atoms with Gasteiger partial charge in [0.25, 0.3) is 0 Å². The van der Waals surface area contributed by atoms with E-state index in [1.165, 1.54) is 38.5 Å². The standard InChI is InChI=1S/C8H4O3.C6H12/c9-7-5-3-1-2-4-6(5)8(10)11-7;1-2-4-6-5-3-1/h1-4H;1-6H2. The number of rotatable bonds is 0. The van der Waals surface area contributed by atoms with Gasteiger partial charge in [0.1, 0.15) is 0 Å². The van der Waals surface area contributed by atoms with Gasteiger partial charge in [0.2, 0.25) is 0 Å². The topological polar surface area (TPSA) is 43.4 Å². The minimum absolute atomic E-state index is 0.359. The molecule has 1 aliphatic heterocycles. The third-order valence-electron chi connectivity index (χ3n) is 3.05. The van der Waals surface area contributed by atoms with E-state index >= 15 is 0 Å². The fourth-order valence-electron chi connectivity index (χ4n) is 2.09. The van der Waals surface area contributed by atoms with Crippen LogP contribution in [0.3, 0.4) is 0 Å². The summed E-state index contributed by atoms with van der Waals surface area (Å²) < 4.78 is 4.35. The Balaban J connectivity index is 0.000000153. The van der Waals surface area contributed by atoms with E-state index in [-0.39, 0.29) is 0 Å². The molecule has 0 unspecified atom stereocenters. The van der Waals surface area contributed by atoms with E-state index in [9.17, 15) is 9.59 Å². The Bertz CT molecular complexity index is 375. The lowest BCUT2D eigenvalue weighted by atomic mass is 10.0. The normalized spacial score (nSPS) is 17.9. The number of benzene rings is 1. The second kappa shape index (κ2) is 5.62. The van der Waals surface area contributed by atoms with Crippen LogP contribution in [0, 0.1) is 0 Å². The Morgan fingerprint density at radius 3 is 1.41 bits per heavy atom. The average Bonchev–Trinajstić information content (AvgIpc) is 2.69. The predicted octanol–water partition coefficient (Wildman–Crippen LogP) is 3.34. The van der Waals surface area contributed by atoms with Crippen LogP contribution in [0.1, 0.15) is 59.2 Å². The summed E-state index contributed by atoms with van der Waals surface area (Å²) in [6.07, 6.45) is 9.00. The third kappa shape index (κ3) is 2.93. The minimum atomic E-state index is -0.550. The van der Waals surface area contributed by atoms with Crippen LogP contribution in [0.4, 0.5) is 0 Å². The molecule has 3 heteroatoms. The molecule has 0 radical (unpaired) electrons. The molecule has 1 aliphatic carbocycles. The van der Waals surface area contributed by atoms with Crippen molar-refractivity contribution >= 4 is 11.9 Å². The highest BCUT2D eigenvalue weighted by molar-refractivity contribution is 6.14. The lowest BCUT2D eigenvalue weighted by Crippen LogP contribution is -1.96. The first kappa shape index (κ1) is 11.8. The maximum atomic E-state index is 10.8. The molecule has 1 fully saturated rings. The van der Waals surface area contributed by atoms with Crippen molar-refractivity contribution in [1.82, 2.24) is 0 Å². The van der Waals surface area contributed by atoms with Crippen LogP contribution in [0.15, 0.2) is 24.3 Å². The van der Waals surface area contributed by atoms with E-state index in [1.54, 1.807) is 24.3 Å². The summed E-state index contributed by atoms with van der Waals surface area (Å²) in [7, 11) is 0. The van der Waals surface area contributed by atoms with E-state index in [2.05, 4.69) is 4.74 Å². The zero-order valence-corrected chi connectivity index (χ0v) is 9.78. The van der Waals surface area contributed by atoms with Crippen molar-refractivity contribution in [1.29, 1.82) is 0 Å². The van der Waals surface area contributed by atoms with Crippen molar-refractivity contribution in [3.8, 4) is 0 Å². The highest BCUT2D eigenvalue weighted by Gasteiger charge is 2.28. The van der Waals surface area contributed by atoms with Crippen LogP contribution < -0.4 is 0 Å². The Morgan fingerprint density at radius 2 is 1.06 bits per heavy atom. The Morgan fingerprint density at radius 1 is 0.706 bits per heavy atom. The molecule has 3 rings (SSSR count). The van der Waals surface area contributed by atoms with E-state index in [0.717, 1.165) is 0 Å². The highest BCUT2D eigenvalue weighted by Crippen LogP contribution is 2.18. The van der Waals surface area contributed by atoms with Crippen LogP contribution in [0.2, 0.25) is 0 Å². The molecule has 0 atom stereocenters. The fraction of sp³-hybridized carbons (Fsp3) is 0.429. The summed E-state index contributed by atoms with van der Waals surface area (Å²) >= 11 is 0. The monoisotopic (exact) mass is 232 g/mol. The fourth-order valence-corrected chi connectivity index (χ4v) is 2.09. The highest BCUT2D eigenvalue weighted by atomic mass is 16.6. The van der Waals surface area contributed by atoms with Gasteiger partial charge in [0, 0.05) is 0 Å². The van der Waals surface area contributed by atoms with E-state index < -0.39 is 11.9 Å². The SMILES string of the molecule is C1CCCCC1.O=C1OC(=O)c2ccccc21. The average molecular weight is 232 g/mol. The maximum absolute atomic E-state index is 10.8. The molecule has 1 heterocycles. The molecule has 3 nitrogen and oxygen atoms in total.